The summed E-state index contributed by atoms with van der Waals surface area (Å²) in [6, 6.07) is 1.23. The molecule has 60 valence electrons. The van der Waals surface area contributed by atoms with Gasteiger partial charge in [0.05, 0.1) is 17.9 Å². The average molecular weight is 153 g/mol. The number of rotatable bonds is 3. The smallest absolute Gasteiger partial charge is 0.182 e. The fourth-order valence-corrected chi connectivity index (χ4v) is 0.804. The van der Waals surface area contributed by atoms with Crippen LogP contribution >= 0.6 is 0 Å². The fourth-order valence-electron chi connectivity index (χ4n) is 0.804. The third-order valence-electron chi connectivity index (χ3n) is 1.58. The van der Waals surface area contributed by atoms with E-state index in [1.165, 1.54) is 12.5 Å². The molecule has 0 aliphatic carbocycles. The third kappa shape index (κ3) is 1.68. The first-order valence-electron chi connectivity index (χ1n) is 3.57. The number of nitrogens with two attached hydrogens (primary N) is 1. The SMILES string of the molecule is CC[C@H](N)C(=O)c1ccoc1. The van der Waals surface area contributed by atoms with E-state index in [4.69, 9.17) is 10.2 Å². The van der Waals surface area contributed by atoms with Gasteiger partial charge in [0.25, 0.3) is 0 Å². The Morgan fingerprint density at radius 1 is 1.82 bits per heavy atom. The van der Waals surface area contributed by atoms with Gasteiger partial charge in [0.15, 0.2) is 5.78 Å². The van der Waals surface area contributed by atoms with Crippen molar-refractivity contribution in [2.45, 2.75) is 19.4 Å². The van der Waals surface area contributed by atoms with Gasteiger partial charge in [-0.15, -0.1) is 0 Å². The minimum Gasteiger partial charge on any atom is -0.472 e. The van der Waals surface area contributed by atoms with Crippen molar-refractivity contribution in [1.29, 1.82) is 0 Å². The van der Waals surface area contributed by atoms with Gasteiger partial charge in [0, 0.05) is 0 Å². The monoisotopic (exact) mass is 153 g/mol. The van der Waals surface area contributed by atoms with Crippen LogP contribution in [0.5, 0.6) is 0 Å². The summed E-state index contributed by atoms with van der Waals surface area (Å²) in [5.74, 6) is -0.0544. The molecule has 0 aliphatic rings. The third-order valence-corrected chi connectivity index (χ3v) is 1.58. The van der Waals surface area contributed by atoms with Crippen LogP contribution in [0.2, 0.25) is 0 Å². The van der Waals surface area contributed by atoms with E-state index in [9.17, 15) is 4.79 Å². The maximum absolute atomic E-state index is 11.3. The Labute approximate surface area is 65.2 Å². The molecule has 1 rings (SSSR count). The van der Waals surface area contributed by atoms with Crippen molar-refractivity contribution in [3.63, 3.8) is 0 Å². The number of carbonyl (C=O) groups is 1. The lowest BCUT2D eigenvalue weighted by Gasteiger charge is -2.03. The lowest BCUT2D eigenvalue weighted by molar-refractivity contribution is 0.0959. The maximum Gasteiger partial charge on any atom is 0.182 e. The topological polar surface area (TPSA) is 56.2 Å². The first-order chi connectivity index (χ1) is 5.25. The van der Waals surface area contributed by atoms with Crippen molar-refractivity contribution >= 4 is 5.78 Å². The molecule has 3 nitrogen and oxygen atoms in total. The molecule has 0 aromatic carbocycles. The van der Waals surface area contributed by atoms with Gasteiger partial charge in [-0.1, -0.05) is 6.92 Å². The minimum atomic E-state index is -0.396. The standard InChI is InChI=1S/C8H11NO2/c1-2-7(9)8(10)6-3-4-11-5-6/h3-5,7H,2,9H2,1H3/t7-/m0/s1. The summed E-state index contributed by atoms with van der Waals surface area (Å²) >= 11 is 0. The van der Waals surface area contributed by atoms with Crippen molar-refractivity contribution in [1.82, 2.24) is 0 Å². The van der Waals surface area contributed by atoms with Crippen LogP contribution in [0.15, 0.2) is 23.0 Å². The van der Waals surface area contributed by atoms with Crippen LogP contribution in [-0.2, 0) is 0 Å². The summed E-state index contributed by atoms with van der Waals surface area (Å²) in [6.07, 6.45) is 3.54. The molecule has 0 aliphatic heterocycles. The highest BCUT2D eigenvalue weighted by atomic mass is 16.3. The van der Waals surface area contributed by atoms with Gasteiger partial charge in [-0.2, -0.15) is 0 Å². The molecular formula is C8H11NO2. The first-order valence-corrected chi connectivity index (χ1v) is 3.57. The van der Waals surface area contributed by atoms with Crippen LogP contribution < -0.4 is 5.73 Å². The molecule has 0 amide bonds. The van der Waals surface area contributed by atoms with Gasteiger partial charge in [-0.05, 0) is 12.5 Å². The average Bonchev–Trinajstić information content (AvgIpc) is 2.53. The van der Waals surface area contributed by atoms with Gasteiger partial charge in [0.2, 0.25) is 0 Å². The second-order valence-corrected chi connectivity index (χ2v) is 2.39. The minimum absolute atomic E-state index is 0.0544. The largest absolute Gasteiger partial charge is 0.472 e. The van der Waals surface area contributed by atoms with Crippen LogP contribution in [-0.4, -0.2) is 11.8 Å². The molecular weight excluding hydrogens is 142 g/mol. The molecule has 1 heterocycles. The number of ketones is 1. The fraction of sp³-hybridized carbons (Fsp3) is 0.375. The molecule has 11 heavy (non-hydrogen) atoms. The predicted molar refractivity (Wildman–Crippen MR) is 41.3 cm³/mol. The Balaban J connectivity index is 2.70. The van der Waals surface area contributed by atoms with Crippen molar-refractivity contribution < 1.29 is 9.21 Å². The van der Waals surface area contributed by atoms with Gasteiger partial charge in [-0.25, -0.2) is 0 Å². The summed E-state index contributed by atoms with van der Waals surface area (Å²) in [7, 11) is 0. The lowest BCUT2D eigenvalue weighted by Crippen LogP contribution is -2.29. The molecule has 0 saturated carbocycles. The van der Waals surface area contributed by atoms with E-state index in [1.54, 1.807) is 6.07 Å². The Hall–Kier alpha value is -1.09. The highest BCUT2D eigenvalue weighted by Crippen LogP contribution is 2.04. The van der Waals surface area contributed by atoms with Crippen molar-refractivity contribution in [3.8, 4) is 0 Å². The van der Waals surface area contributed by atoms with E-state index in [2.05, 4.69) is 0 Å². The van der Waals surface area contributed by atoms with E-state index in [-0.39, 0.29) is 5.78 Å². The zero-order chi connectivity index (χ0) is 8.27. The number of hydrogen-bond donors (Lipinski definition) is 1. The normalized spacial score (nSPS) is 12.9. The molecule has 1 aromatic heterocycles. The molecule has 0 radical (unpaired) electrons. The molecule has 0 spiro atoms. The van der Waals surface area contributed by atoms with Crippen LogP contribution in [0.25, 0.3) is 0 Å². The Morgan fingerprint density at radius 3 is 3.00 bits per heavy atom. The predicted octanol–water partition coefficient (Wildman–Crippen LogP) is 1.20. The van der Waals surface area contributed by atoms with Gasteiger partial charge in [0.1, 0.15) is 6.26 Å². The molecule has 0 unspecified atom stereocenters. The number of furan rings is 1. The van der Waals surface area contributed by atoms with E-state index in [1.807, 2.05) is 6.92 Å². The second-order valence-electron chi connectivity index (χ2n) is 2.39. The lowest BCUT2D eigenvalue weighted by atomic mass is 10.1. The zero-order valence-electron chi connectivity index (χ0n) is 6.41. The van der Waals surface area contributed by atoms with Crippen LogP contribution in [0.3, 0.4) is 0 Å². The molecule has 0 saturated heterocycles. The molecule has 3 heteroatoms. The van der Waals surface area contributed by atoms with Crippen molar-refractivity contribution in [2.24, 2.45) is 5.73 Å². The maximum atomic E-state index is 11.3. The van der Waals surface area contributed by atoms with Crippen LogP contribution in [0.1, 0.15) is 23.7 Å². The molecule has 1 aromatic rings. The highest BCUT2D eigenvalue weighted by Gasteiger charge is 2.13. The van der Waals surface area contributed by atoms with E-state index >= 15 is 0 Å². The van der Waals surface area contributed by atoms with Crippen molar-refractivity contribution in [2.75, 3.05) is 0 Å². The Morgan fingerprint density at radius 2 is 2.55 bits per heavy atom. The Kier molecular flexibility index (Phi) is 2.44. The summed E-state index contributed by atoms with van der Waals surface area (Å²) < 4.78 is 4.75. The van der Waals surface area contributed by atoms with Crippen LogP contribution in [0.4, 0.5) is 0 Å². The summed E-state index contributed by atoms with van der Waals surface area (Å²) in [5, 5.41) is 0. The summed E-state index contributed by atoms with van der Waals surface area (Å²) in [6.45, 7) is 1.88. The van der Waals surface area contributed by atoms with Crippen LogP contribution in [0, 0.1) is 0 Å². The highest BCUT2D eigenvalue weighted by molar-refractivity contribution is 5.99. The summed E-state index contributed by atoms with van der Waals surface area (Å²) in [5.41, 5.74) is 6.07. The summed E-state index contributed by atoms with van der Waals surface area (Å²) in [4.78, 5) is 11.3. The molecule has 1 atom stereocenters. The first kappa shape index (κ1) is 8.01. The van der Waals surface area contributed by atoms with E-state index < -0.39 is 6.04 Å². The molecule has 0 bridgehead atoms. The second kappa shape index (κ2) is 3.34. The number of carbonyl (C=O) groups excluding carboxylic acids is 1. The molecule has 0 fully saturated rings. The zero-order valence-corrected chi connectivity index (χ0v) is 6.41. The van der Waals surface area contributed by atoms with Gasteiger partial charge < -0.3 is 10.2 Å². The Bertz CT molecular complexity index is 228. The number of Topliss-reactive ketones (excluding diaryl/α,β-unsaturated/α-hetero) is 1. The van der Waals surface area contributed by atoms with E-state index in [0.717, 1.165) is 0 Å². The quantitative estimate of drug-likeness (QED) is 0.664. The molecule has 2 N–H and O–H groups in total. The van der Waals surface area contributed by atoms with Gasteiger partial charge >= 0.3 is 0 Å². The van der Waals surface area contributed by atoms with E-state index in [0.29, 0.717) is 12.0 Å². The number of hydrogen-bond acceptors (Lipinski definition) is 3. The van der Waals surface area contributed by atoms with Crippen molar-refractivity contribution in [3.05, 3.63) is 24.2 Å². The van der Waals surface area contributed by atoms with Gasteiger partial charge in [-0.3, -0.25) is 4.79 Å².